The zero-order valence-corrected chi connectivity index (χ0v) is 29.9. The van der Waals surface area contributed by atoms with Gasteiger partial charge in [-0.15, -0.1) is 48.1 Å². The van der Waals surface area contributed by atoms with E-state index in [9.17, 15) is 0 Å². The average molecular weight is 785 g/mol. The molecule has 0 bridgehead atoms. The molecule has 5 heteroatoms. The van der Waals surface area contributed by atoms with Crippen LogP contribution in [-0.4, -0.2) is 4.98 Å². The van der Waals surface area contributed by atoms with E-state index < -0.39 is 0 Å². The first kappa shape index (κ1) is 31.6. The maximum Gasteiger partial charge on any atom is 3.00 e. The molecule has 1 aliphatic carbocycles. The summed E-state index contributed by atoms with van der Waals surface area (Å²) in [7, 11) is 0. The molecule has 0 N–H and O–H groups in total. The Hall–Kier alpha value is -3.37. The van der Waals surface area contributed by atoms with E-state index in [0.29, 0.717) is 0 Å². The van der Waals surface area contributed by atoms with Crippen molar-refractivity contribution in [2.45, 2.75) is 75.0 Å². The molecule has 0 radical (unpaired) electrons. The first-order valence-electron chi connectivity index (χ1n) is 15.4. The Morgan fingerprint density at radius 3 is 2.27 bits per heavy atom. The maximum absolute atomic E-state index is 4.22. The topological polar surface area (TPSA) is 19.4 Å². The van der Waals surface area contributed by atoms with Crippen molar-refractivity contribution in [2.75, 3.05) is 9.80 Å². The van der Waals surface area contributed by atoms with E-state index in [1.165, 1.54) is 67.6 Å². The van der Waals surface area contributed by atoms with Gasteiger partial charge in [0, 0.05) is 28.2 Å². The standard InChI is InChI=1S/C29H30N2S.C11H8N.Ir/c1-18-12-19(2)14-20(13-18)30-17-31-24-15-21-22(29(5,6)11-10-28(21,3)4)16-26(24)32-25-9-7-8-23(30)27(25)31;1-2-6-10(7-3-1)11-8-4-5-9-12-11;/h7-9,12-14,16-17H,10-11H2,1-6H3;1-6,8-9H;/q-2;-1;+3. The van der Waals surface area contributed by atoms with Crippen molar-refractivity contribution in [3.8, 4) is 11.3 Å². The molecule has 5 aromatic rings. The molecule has 0 fully saturated rings. The summed E-state index contributed by atoms with van der Waals surface area (Å²) in [5.74, 6) is 0. The molecule has 0 amide bonds. The number of anilines is 4. The van der Waals surface area contributed by atoms with Crippen LogP contribution in [-0.2, 0) is 30.9 Å². The van der Waals surface area contributed by atoms with Crippen molar-refractivity contribution in [3.63, 3.8) is 0 Å². The molecule has 3 aliphatic rings. The number of pyridine rings is 1. The predicted molar refractivity (Wildman–Crippen MR) is 184 cm³/mol. The maximum atomic E-state index is 4.22. The monoisotopic (exact) mass is 785 g/mol. The average Bonchev–Trinajstić information content (AvgIpc) is 3.41. The van der Waals surface area contributed by atoms with Gasteiger partial charge in [-0.3, -0.25) is 0 Å². The van der Waals surface area contributed by atoms with Gasteiger partial charge in [-0.2, -0.15) is 29.5 Å². The van der Waals surface area contributed by atoms with Gasteiger partial charge in [0.2, 0.25) is 0 Å². The largest absolute Gasteiger partial charge is 3.00 e. The predicted octanol–water partition coefficient (Wildman–Crippen LogP) is 10.9. The van der Waals surface area contributed by atoms with Crippen molar-refractivity contribution in [1.82, 2.24) is 4.98 Å². The quantitative estimate of drug-likeness (QED) is 0.166. The summed E-state index contributed by atoms with van der Waals surface area (Å²) in [4.78, 5) is 11.6. The number of benzene rings is 4. The second-order valence-electron chi connectivity index (χ2n) is 13.5. The van der Waals surface area contributed by atoms with Crippen molar-refractivity contribution in [2.24, 2.45) is 0 Å². The molecule has 1 aromatic heterocycles. The number of aryl methyl sites for hydroxylation is 2. The van der Waals surface area contributed by atoms with Crippen molar-refractivity contribution < 1.29 is 20.1 Å². The van der Waals surface area contributed by atoms with E-state index >= 15 is 0 Å². The van der Waals surface area contributed by atoms with E-state index in [-0.39, 0.29) is 30.9 Å². The fourth-order valence-electron chi connectivity index (χ4n) is 6.65. The van der Waals surface area contributed by atoms with Crippen LogP contribution in [0.25, 0.3) is 11.3 Å². The summed E-state index contributed by atoms with van der Waals surface area (Å²) in [6.45, 7) is 16.2. The molecular weight excluding hydrogens is 747 g/mol. The van der Waals surface area contributed by atoms with Gasteiger partial charge in [-0.05, 0) is 72.8 Å². The van der Waals surface area contributed by atoms with E-state index in [4.69, 9.17) is 0 Å². The van der Waals surface area contributed by atoms with Crippen LogP contribution in [0, 0.1) is 32.6 Å². The summed E-state index contributed by atoms with van der Waals surface area (Å²) in [6, 6.07) is 36.7. The number of fused-ring (bicyclic) bond motifs is 3. The third-order valence-electron chi connectivity index (χ3n) is 9.11. The van der Waals surface area contributed by atoms with E-state index in [1.807, 2.05) is 54.2 Å². The molecule has 228 valence electrons. The van der Waals surface area contributed by atoms with Crippen LogP contribution in [0.15, 0.2) is 101 Å². The zero-order valence-electron chi connectivity index (χ0n) is 26.7. The molecule has 0 spiro atoms. The van der Waals surface area contributed by atoms with Gasteiger partial charge in [-0.1, -0.05) is 74.4 Å². The molecule has 4 aromatic carbocycles. The van der Waals surface area contributed by atoms with Crippen LogP contribution >= 0.6 is 11.8 Å². The summed E-state index contributed by atoms with van der Waals surface area (Å²) < 4.78 is 0. The Bertz CT molecular complexity index is 1790. The Morgan fingerprint density at radius 2 is 1.56 bits per heavy atom. The van der Waals surface area contributed by atoms with Crippen molar-refractivity contribution >= 4 is 34.5 Å². The minimum absolute atomic E-state index is 0. The molecule has 0 unspecified atom stereocenters. The van der Waals surface area contributed by atoms with Gasteiger partial charge in [0.15, 0.2) is 0 Å². The van der Waals surface area contributed by atoms with Gasteiger partial charge in [0.1, 0.15) is 0 Å². The minimum atomic E-state index is 0. The molecule has 3 nitrogen and oxygen atoms in total. The van der Waals surface area contributed by atoms with Crippen LogP contribution in [0.1, 0.15) is 62.8 Å². The summed E-state index contributed by atoms with van der Waals surface area (Å²) in [6.07, 6.45) is 4.22. The Morgan fingerprint density at radius 1 is 0.800 bits per heavy atom. The van der Waals surface area contributed by atoms with E-state index in [0.717, 1.165) is 11.3 Å². The molecule has 0 saturated carbocycles. The van der Waals surface area contributed by atoms with Crippen LogP contribution in [0.3, 0.4) is 0 Å². The number of hydrogen-bond donors (Lipinski definition) is 0. The SMILES string of the molecule is Cc1cc(C)cc(N2[CH-]N3c4[c-]c5c(cc4Sc4cccc2c43)C(C)(C)CCC5(C)C)c1.[Ir+3].[c-]1ccccc1-c1ccccn1. The Kier molecular flexibility index (Phi) is 8.50. The van der Waals surface area contributed by atoms with Gasteiger partial charge in [0.05, 0.1) is 0 Å². The van der Waals surface area contributed by atoms with Crippen LogP contribution in [0.5, 0.6) is 0 Å². The molecule has 8 rings (SSSR count). The molecule has 0 saturated heterocycles. The van der Waals surface area contributed by atoms with Crippen molar-refractivity contribution in [3.05, 3.63) is 132 Å². The Labute approximate surface area is 286 Å². The van der Waals surface area contributed by atoms with Crippen LogP contribution < -0.4 is 9.80 Å². The van der Waals surface area contributed by atoms with Crippen molar-refractivity contribution in [1.29, 1.82) is 0 Å². The molecular formula is C40H38IrN3S. The van der Waals surface area contributed by atoms with Gasteiger partial charge >= 0.3 is 20.1 Å². The van der Waals surface area contributed by atoms with E-state index in [2.05, 4.69) is 118 Å². The molecule has 2 aliphatic heterocycles. The summed E-state index contributed by atoms with van der Waals surface area (Å²) in [5, 5.41) is 0. The molecule has 0 atom stereocenters. The van der Waals surface area contributed by atoms with E-state index in [1.54, 1.807) is 6.20 Å². The minimum Gasteiger partial charge on any atom is -0.492 e. The smallest absolute Gasteiger partial charge is 0.492 e. The second kappa shape index (κ2) is 12.1. The fourth-order valence-corrected chi connectivity index (χ4v) is 7.76. The Balaban J connectivity index is 0.000000231. The number of aromatic nitrogens is 1. The number of rotatable bonds is 2. The first-order chi connectivity index (χ1) is 21.1. The van der Waals surface area contributed by atoms with Gasteiger partial charge in [0.25, 0.3) is 0 Å². The number of para-hydroxylation sites is 1. The number of hydrogen-bond acceptors (Lipinski definition) is 4. The van der Waals surface area contributed by atoms with Crippen LogP contribution in [0.4, 0.5) is 22.7 Å². The summed E-state index contributed by atoms with van der Waals surface area (Å²) in [5.41, 5.74) is 12.8. The molecule has 3 heterocycles. The van der Waals surface area contributed by atoms with Crippen LogP contribution in [0.2, 0.25) is 0 Å². The normalized spacial score (nSPS) is 16.4. The zero-order chi connectivity index (χ0) is 30.6. The van der Waals surface area contributed by atoms with Gasteiger partial charge < -0.3 is 14.8 Å². The molecule has 45 heavy (non-hydrogen) atoms. The number of nitrogens with zero attached hydrogens (tertiary/aromatic N) is 3. The first-order valence-corrected chi connectivity index (χ1v) is 16.2. The third kappa shape index (κ3) is 5.87. The fraction of sp³-hybridized carbons (Fsp3) is 0.250. The van der Waals surface area contributed by atoms with Gasteiger partial charge in [-0.25, -0.2) is 0 Å². The summed E-state index contributed by atoms with van der Waals surface area (Å²) >= 11 is 1.90. The third-order valence-corrected chi connectivity index (χ3v) is 10.2. The second-order valence-corrected chi connectivity index (χ2v) is 14.5.